The van der Waals surface area contributed by atoms with Gasteiger partial charge in [-0.2, -0.15) is 10.1 Å². The number of ether oxygens (including phenoxy) is 2. The van der Waals surface area contributed by atoms with Gasteiger partial charge >= 0.3 is 6.09 Å². The van der Waals surface area contributed by atoms with Crippen LogP contribution < -0.4 is 15.0 Å². The van der Waals surface area contributed by atoms with Crippen LogP contribution in [0.2, 0.25) is 5.02 Å². The van der Waals surface area contributed by atoms with E-state index < -0.39 is 0 Å². The first-order valence-corrected chi connectivity index (χ1v) is 8.95. The molecule has 27 heavy (non-hydrogen) atoms. The summed E-state index contributed by atoms with van der Waals surface area (Å²) in [6.45, 7) is 4.60. The SMILES string of the molecule is CCOC(=O)N1CCN(c2cnnc(Nc3ccc(OC)c(Cl)c3)n2)CC1. The molecule has 1 saturated heterocycles. The lowest BCUT2D eigenvalue weighted by Gasteiger charge is -2.34. The predicted molar refractivity (Wildman–Crippen MR) is 102 cm³/mol. The number of carbonyl (C=O) groups excluding carboxylic acids is 1. The molecule has 0 radical (unpaired) electrons. The number of benzene rings is 1. The Hall–Kier alpha value is -2.81. The number of anilines is 3. The summed E-state index contributed by atoms with van der Waals surface area (Å²) < 4.78 is 10.2. The summed E-state index contributed by atoms with van der Waals surface area (Å²) in [6.07, 6.45) is 1.32. The van der Waals surface area contributed by atoms with E-state index in [1.807, 2.05) is 6.07 Å². The van der Waals surface area contributed by atoms with Gasteiger partial charge in [0, 0.05) is 31.9 Å². The Balaban J connectivity index is 1.64. The second-order valence-corrected chi connectivity index (χ2v) is 6.19. The lowest BCUT2D eigenvalue weighted by Crippen LogP contribution is -2.49. The molecule has 10 heteroatoms. The van der Waals surface area contributed by atoms with E-state index >= 15 is 0 Å². The molecule has 0 aliphatic carbocycles. The molecule has 2 aromatic rings. The topological polar surface area (TPSA) is 92.7 Å². The summed E-state index contributed by atoms with van der Waals surface area (Å²) in [6, 6.07) is 5.31. The number of methoxy groups -OCH3 is 1. The standard InChI is InChI=1S/C17H21ClN6O3/c1-3-27-17(25)24-8-6-23(7-9-24)15-11-19-22-16(21-15)20-12-4-5-14(26-2)13(18)10-12/h4-5,10-11H,3,6-9H2,1-2H3,(H,20,21,22). The maximum absolute atomic E-state index is 11.8. The smallest absolute Gasteiger partial charge is 0.409 e. The summed E-state index contributed by atoms with van der Waals surface area (Å²) in [4.78, 5) is 20.0. The van der Waals surface area contributed by atoms with E-state index in [2.05, 4.69) is 25.4 Å². The monoisotopic (exact) mass is 392 g/mol. The molecule has 0 spiro atoms. The number of rotatable bonds is 5. The Kier molecular flexibility index (Phi) is 6.12. The van der Waals surface area contributed by atoms with Crippen LogP contribution in [0.3, 0.4) is 0 Å². The zero-order chi connectivity index (χ0) is 19.2. The van der Waals surface area contributed by atoms with Crippen LogP contribution >= 0.6 is 11.6 Å². The molecule has 2 heterocycles. The molecule has 0 unspecified atom stereocenters. The van der Waals surface area contributed by atoms with Crippen molar-refractivity contribution in [3.05, 3.63) is 29.4 Å². The van der Waals surface area contributed by atoms with Crippen LogP contribution in [0.15, 0.2) is 24.4 Å². The number of aromatic nitrogens is 3. The predicted octanol–water partition coefficient (Wildman–Crippen LogP) is 2.56. The first-order valence-electron chi connectivity index (χ1n) is 8.57. The maximum Gasteiger partial charge on any atom is 0.409 e. The molecular formula is C17H21ClN6O3. The van der Waals surface area contributed by atoms with Gasteiger partial charge in [0.15, 0.2) is 5.82 Å². The van der Waals surface area contributed by atoms with Crippen molar-refractivity contribution in [2.45, 2.75) is 6.92 Å². The molecule has 1 aliphatic rings. The van der Waals surface area contributed by atoms with E-state index in [1.165, 1.54) is 0 Å². The van der Waals surface area contributed by atoms with Gasteiger partial charge < -0.3 is 24.6 Å². The summed E-state index contributed by atoms with van der Waals surface area (Å²) >= 11 is 6.14. The molecule has 0 atom stereocenters. The highest BCUT2D eigenvalue weighted by Crippen LogP contribution is 2.28. The average Bonchev–Trinajstić information content (AvgIpc) is 2.69. The summed E-state index contributed by atoms with van der Waals surface area (Å²) in [5.74, 6) is 1.65. The molecule has 1 amide bonds. The highest BCUT2D eigenvalue weighted by atomic mass is 35.5. The zero-order valence-electron chi connectivity index (χ0n) is 15.2. The van der Waals surface area contributed by atoms with E-state index in [9.17, 15) is 4.79 Å². The Morgan fingerprint density at radius 2 is 2.07 bits per heavy atom. The van der Waals surface area contributed by atoms with E-state index in [1.54, 1.807) is 37.3 Å². The average molecular weight is 393 g/mol. The Labute approximate surface area is 162 Å². The molecular weight excluding hydrogens is 372 g/mol. The molecule has 1 aromatic heterocycles. The minimum Gasteiger partial charge on any atom is -0.495 e. The van der Waals surface area contributed by atoms with Crippen LogP contribution in [0.1, 0.15) is 6.92 Å². The van der Waals surface area contributed by atoms with E-state index in [0.29, 0.717) is 55.3 Å². The Morgan fingerprint density at radius 1 is 1.30 bits per heavy atom. The largest absolute Gasteiger partial charge is 0.495 e. The number of hydrogen-bond acceptors (Lipinski definition) is 8. The number of nitrogens with zero attached hydrogens (tertiary/aromatic N) is 5. The zero-order valence-corrected chi connectivity index (χ0v) is 15.9. The van der Waals surface area contributed by atoms with Gasteiger partial charge in [0.1, 0.15) is 5.75 Å². The quantitative estimate of drug-likeness (QED) is 0.829. The van der Waals surface area contributed by atoms with Crippen LogP contribution in [-0.4, -0.2) is 66.1 Å². The maximum atomic E-state index is 11.8. The first-order chi connectivity index (χ1) is 13.1. The fraction of sp³-hybridized carbons (Fsp3) is 0.412. The van der Waals surface area contributed by atoms with Gasteiger partial charge in [-0.25, -0.2) is 4.79 Å². The molecule has 1 N–H and O–H groups in total. The van der Waals surface area contributed by atoms with E-state index in [-0.39, 0.29) is 6.09 Å². The molecule has 1 fully saturated rings. The molecule has 1 aliphatic heterocycles. The van der Waals surface area contributed by atoms with Crippen molar-refractivity contribution in [2.75, 3.05) is 50.1 Å². The Morgan fingerprint density at radius 3 is 2.74 bits per heavy atom. The third kappa shape index (κ3) is 4.68. The highest BCUT2D eigenvalue weighted by Gasteiger charge is 2.23. The van der Waals surface area contributed by atoms with Gasteiger partial charge in [0.05, 0.1) is 24.9 Å². The number of hydrogen-bond donors (Lipinski definition) is 1. The van der Waals surface area contributed by atoms with Gasteiger partial charge in [-0.15, -0.1) is 5.10 Å². The molecule has 0 bridgehead atoms. The third-order valence-corrected chi connectivity index (χ3v) is 4.38. The van der Waals surface area contributed by atoms with Crippen LogP contribution in [0.25, 0.3) is 0 Å². The van der Waals surface area contributed by atoms with Crippen molar-refractivity contribution in [1.82, 2.24) is 20.1 Å². The van der Waals surface area contributed by atoms with Crippen molar-refractivity contribution >= 4 is 35.1 Å². The fourth-order valence-corrected chi connectivity index (χ4v) is 2.96. The van der Waals surface area contributed by atoms with Crippen LogP contribution in [0.5, 0.6) is 5.75 Å². The van der Waals surface area contributed by atoms with Crippen LogP contribution in [0.4, 0.5) is 22.2 Å². The normalized spacial score (nSPS) is 14.0. The Bertz CT molecular complexity index is 798. The van der Waals surface area contributed by atoms with Gasteiger partial charge in [0.25, 0.3) is 0 Å². The number of nitrogens with one attached hydrogen (secondary N) is 1. The lowest BCUT2D eigenvalue weighted by atomic mass is 10.3. The minimum atomic E-state index is -0.281. The van der Waals surface area contributed by atoms with Gasteiger partial charge in [-0.1, -0.05) is 11.6 Å². The summed E-state index contributed by atoms with van der Waals surface area (Å²) in [7, 11) is 1.56. The summed E-state index contributed by atoms with van der Waals surface area (Å²) in [5, 5.41) is 11.6. The minimum absolute atomic E-state index is 0.281. The molecule has 0 saturated carbocycles. The van der Waals surface area contributed by atoms with Crippen LogP contribution in [0, 0.1) is 0 Å². The van der Waals surface area contributed by atoms with Crippen molar-refractivity contribution in [3.63, 3.8) is 0 Å². The number of amides is 1. The van der Waals surface area contributed by atoms with E-state index in [0.717, 1.165) is 5.69 Å². The van der Waals surface area contributed by atoms with Gasteiger partial charge in [-0.05, 0) is 25.1 Å². The fourth-order valence-electron chi connectivity index (χ4n) is 2.71. The molecule has 144 valence electrons. The van der Waals surface area contributed by atoms with Crippen LogP contribution in [-0.2, 0) is 4.74 Å². The lowest BCUT2D eigenvalue weighted by molar-refractivity contribution is 0.105. The number of carbonyl (C=O) groups is 1. The molecule has 3 rings (SSSR count). The van der Waals surface area contributed by atoms with E-state index in [4.69, 9.17) is 21.1 Å². The van der Waals surface area contributed by atoms with Gasteiger partial charge in [0.2, 0.25) is 5.95 Å². The molecule has 1 aromatic carbocycles. The van der Waals surface area contributed by atoms with Gasteiger partial charge in [-0.3, -0.25) is 0 Å². The summed E-state index contributed by atoms with van der Waals surface area (Å²) in [5.41, 5.74) is 0.729. The second kappa shape index (κ2) is 8.72. The third-order valence-electron chi connectivity index (χ3n) is 4.08. The number of halogens is 1. The van der Waals surface area contributed by atoms with Crippen molar-refractivity contribution in [3.8, 4) is 5.75 Å². The molecule has 9 nitrogen and oxygen atoms in total. The number of piperazine rings is 1. The second-order valence-electron chi connectivity index (χ2n) is 5.79. The van der Waals surface area contributed by atoms with Crippen molar-refractivity contribution in [2.24, 2.45) is 0 Å². The highest BCUT2D eigenvalue weighted by molar-refractivity contribution is 6.32. The van der Waals surface area contributed by atoms with Crippen molar-refractivity contribution < 1.29 is 14.3 Å². The van der Waals surface area contributed by atoms with Crippen molar-refractivity contribution in [1.29, 1.82) is 0 Å². The first kappa shape index (κ1) is 19.0.